The van der Waals surface area contributed by atoms with Crippen LogP contribution in [0.1, 0.15) is 33.3 Å². The zero-order valence-corrected chi connectivity index (χ0v) is 19.0. The zero-order chi connectivity index (χ0) is 24.1. The van der Waals surface area contributed by atoms with Gasteiger partial charge in [0.1, 0.15) is 18.1 Å². The second kappa shape index (κ2) is 10.3. The highest BCUT2D eigenvalue weighted by Crippen LogP contribution is 2.14. The molecule has 0 aliphatic carbocycles. The molecule has 3 amide bonds. The molecule has 0 atom stereocenters. The maximum atomic E-state index is 13.1. The number of aromatic nitrogens is 1. The molecule has 1 aliphatic heterocycles. The van der Waals surface area contributed by atoms with Gasteiger partial charge in [0.2, 0.25) is 5.91 Å². The molecule has 1 aromatic heterocycles. The third-order valence-electron chi connectivity index (χ3n) is 5.95. The van der Waals surface area contributed by atoms with Gasteiger partial charge in [-0.25, -0.2) is 4.39 Å². The van der Waals surface area contributed by atoms with Crippen molar-refractivity contribution in [3.8, 4) is 0 Å². The number of hydrogen-bond donors (Lipinski definition) is 1. The van der Waals surface area contributed by atoms with Crippen molar-refractivity contribution < 1.29 is 18.8 Å². The predicted octanol–water partition coefficient (Wildman–Crippen LogP) is 3.43. The van der Waals surface area contributed by atoms with Gasteiger partial charge in [-0.1, -0.05) is 19.1 Å². The second-order valence-electron chi connectivity index (χ2n) is 8.21. The van der Waals surface area contributed by atoms with Gasteiger partial charge in [-0.3, -0.25) is 14.4 Å². The lowest BCUT2D eigenvalue weighted by Gasteiger charge is -2.35. The van der Waals surface area contributed by atoms with Crippen molar-refractivity contribution in [2.45, 2.75) is 19.9 Å². The summed E-state index contributed by atoms with van der Waals surface area (Å²) in [4.78, 5) is 41.6. The Balaban J connectivity index is 1.33. The van der Waals surface area contributed by atoms with Crippen LogP contribution in [0.5, 0.6) is 0 Å². The summed E-state index contributed by atoms with van der Waals surface area (Å²) in [5.41, 5.74) is 2.75. The molecule has 1 N–H and O–H groups in total. The van der Waals surface area contributed by atoms with Crippen LogP contribution in [0.2, 0.25) is 0 Å². The second-order valence-corrected chi connectivity index (χ2v) is 8.21. The van der Waals surface area contributed by atoms with Crippen molar-refractivity contribution in [3.63, 3.8) is 0 Å². The van der Waals surface area contributed by atoms with E-state index in [9.17, 15) is 18.8 Å². The molecule has 176 valence electrons. The number of piperazine rings is 1. The summed E-state index contributed by atoms with van der Waals surface area (Å²) in [5.74, 6) is -0.972. The number of carbonyl (C=O) groups is 3. The Morgan fingerprint density at radius 3 is 2.09 bits per heavy atom. The molecule has 0 spiro atoms. The number of hydrogen-bond acceptors (Lipinski definition) is 3. The summed E-state index contributed by atoms with van der Waals surface area (Å²) in [6.07, 6.45) is 2.64. The molecule has 4 rings (SSSR count). The number of halogens is 1. The van der Waals surface area contributed by atoms with E-state index in [1.165, 1.54) is 29.8 Å². The highest BCUT2D eigenvalue weighted by atomic mass is 19.1. The number of aryl methyl sites for hydroxylation is 1. The first kappa shape index (κ1) is 23.2. The minimum Gasteiger partial charge on any atom is -0.335 e. The van der Waals surface area contributed by atoms with E-state index in [0.29, 0.717) is 43.1 Å². The molecule has 3 aromatic rings. The standard InChI is InChI=1S/C26H27FN4O3/c1-2-19-5-11-22(12-6-19)28-24(32)18-31-13-3-4-23(31)26(34)30-16-14-29(15-17-30)25(33)20-7-9-21(27)10-8-20/h3-13H,2,14-18H2,1H3,(H,28,32). The van der Waals surface area contributed by atoms with Gasteiger partial charge in [0.05, 0.1) is 0 Å². The molecule has 2 heterocycles. The molecule has 34 heavy (non-hydrogen) atoms. The number of rotatable bonds is 6. The van der Waals surface area contributed by atoms with Crippen LogP contribution in [0.3, 0.4) is 0 Å². The summed E-state index contributed by atoms with van der Waals surface area (Å²) < 4.78 is 14.8. The lowest BCUT2D eigenvalue weighted by atomic mass is 10.1. The van der Waals surface area contributed by atoms with Gasteiger partial charge in [-0.05, 0) is 60.5 Å². The number of nitrogens with zero attached hydrogens (tertiary/aromatic N) is 3. The molecule has 2 aromatic carbocycles. The van der Waals surface area contributed by atoms with Crippen LogP contribution >= 0.6 is 0 Å². The largest absolute Gasteiger partial charge is 0.335 e. The van der Waals surface area contributed by atoms with Crippen LogP contribution in [-0.2, 0) is 17.8 Å². The van der Waals surface area contributed by atoms with Crippen molar-refractivity contribution in [2.75, 3.05) is 31.5 Å². The van der Waals surface area contributed by atoms with Crippen LogP contribution in [-0.4, -0.2) is 58.3 Å². The number of amides is 3. The molecule has 0 bridgehead atoms. The maximum absolute atomic E-state index is 13.1. The zero-order valence-electron chi connectivity index (χ0n) is 19.0. The first-order valence-corrected chi connectivity index (χ1v) is 11.3. The summed E-state index contributed by atoms with van der Waals surface area (Å²) >= 11 is 0. The van der Waals surface area contributed by atoms with Gasteiger partial charge < -0.3 is 19.7 Å². The summed E-state index contributed by atoms with van der Waals surface area (Å²) in [7, 11) is 0. The third kappa shape index (κ3) is 5.33. The van der Waals surface area contributed by atoms with E-state index in [0.717, 1.165) is 6.42 Å². The average molecular weight is 463 g/mol. The van der Waals surface area contributed by atoms with E-state index in [1.54, 1.807) is 32.7 Å². The monoisotopic (exact) mass is 462 g/mol. The Hall–Kier alpha value is -3.94. The van der Waals surface area contributed by atoms with Crippen molar-refractivity contribution in [1.29, 1.82) is 0 Å². The summed E-state index contributed by atoms with van der Waals surface area (Å²) in [6, 6.07) is 16.6. The van der Waals surface area contributed by atoms with Gasteiger partial charge in [-0.15, -0.1) is 0 Å². The lowest BCUT2D eigenvalue weighted by Crippen LogP contribution is -2.51. The Kier molecular flexibility index (Phi) is 7.06. The number of carbonyl (C=O) groups excluding carboxylic acids is 3. The summed E-state index contributed by atoms with van der Waals surface area (Å²) in [5, 5.41) is 2.86. The molecule has 8 heteroatoms. The van der Waals surface area contributed by atoms with Crippen LogP contribution < -0.4 is 5.32 Å². The molecule has 0 saturated carbocycles. The smallest absolute Gasteiger partial charge is 0.270 e. The number of benzene rings is 2. The van der Waals surface area contributed by atoms with Crippen molar-refractivity contribution in [1.82, 2.24) is 14.4 Å². The molecular weight excluding hydrogens is 435 g/mol. The van der Waals surface area contributed by atoms with E-state index >= 15 is 0 Å². The normalized spacial score (nSPS) is 13.6. The number of anilines is 1. The fraction of sp³-hybridized carbons (Fsp3) is 0.269. The van der Waals surface area contributed by atoms with E-state index in [1.807, 2.05) is 24.3 Å². The molecule has 1 fully saturated rings. The molecule has 1 aliphatic rings. The van der Waals surface area contributed by atoms with Gasteiger partial charge in [0, 0.05) is 43.6 Å². The topological polar surface area (TPSA) is 74.7 Å². The van der Waals surface area contributed by atoms with E-state index in [-0.39, 0.29) is 24.3 Å². The van der Waals surface area contributed by atoms with Crippen LogP contribution in [0.25, 0.3) is 0 Å². The van der Waals surface area contributed by atoms with Gasteiger partial charge in [-0.2, -0.15) is 0 Å². The van der Waals surface area contributed by atoms with Gasteiger partial charge >= 0.3 is 0 Å². The van der Waals surface area contributed by atoms with Crippen LogP contribution in [0.4, 0.5) is 10.1 Å². The Morgan fingerprint density at radius 1 is 0.853 bits per heavy atom. The highest BCUT2D eigenvalue weighted by molar-refractivity contribution is 5.96. The minimum absolute atomic E-state index is 0.0205. The van der Waals surface area contributed by atoms with E-state index in [2.05, 4.69) is 12.2 Å². The maximum Gasteiger partial charge on any atom is 0.270 e. The minimum atomic E-state index is -0.391. The Morgan fingerprint density at radius 2 is 1.47 bits per heavy atom. The summed E-state index contributed by atoms with van der Waals surface area (Å²) in [6.45, 7) is 3.63. The van der Waals surface area contributed by atoms with E-state index < -0.39 is 5.82 Å². The molecular formula is C26H27FN4O3. The number of nitrogens with one attached hydrogen (secondary N) is 1. The molecule has 0 unspecified atom stereocenters. The third-order valence-corrected chi connectivity index (χ3v) is 5.95. The molecule has 7 nitrogen and oxygen atoms in total. The Bertz CT molecular complexity index is 1160. The molecule has 1 saturated heterocycles. The first-order valence-electron chi connectivity index (χ1n) is 11.3. The van der Waals surface area contributed by atoms with E-state index in [4.69, 9.17) is 0 Å². The predicted molar refractivity (Wildman–Crippen MR) is 127 cm³/mol. The van der Waals surface area contributed by atoms with Gasteiger partial charge in [0.25, 0.3) is 11.8 Å². The molecule has 0 radical (unpaired) electrons. The van der Waals surface area contributed by atoms with Crippen molar-refractivity contribution in [3.05, 3.63) is 89.5 Å². The van der Waals surface area contributed by atoms with Gasteiger partial charge in [0.15, 0.2) is 0 Å². The first-order chi connectivity index (χ1) is 16.4. The van der Waals surface area contributed by atoms with Crippen molar-refractivity contribution >= 4 is 23.4 Å². The quantitative estimate of drug-likeness (QED) is 0.610. The lowest BCUT2D eigenvalue weighted by molar-refractivity contribution is -0.116. The Labute approximate surface area is 197 Å². The highest BCUT2D eigenvalue weighted by Gasteiger charge is 2.27. The van der Waals surface area contributed by atoms with Crippen molar-refractivity contribution in [2.24, 2.45) is 0 Å². The fourth-order valence-corrected chi connectivity index (χ4v) is 3.97. The SMILES string of the molecule is CCc1ccc(NC(=O)Cn2cccc2C(=O)N2CCN(C(=O)c3ccc(F)cc3)CC2)cc1. The van der Waals surface area contributed by atoms with Crippen LogP contribution in [0.15, 0.2) is 66.9 Å². The average Bonchev–Trinajstić information content (AvgIpc) is 3.32. The van der Waals surface area contributed by atoms with Crippen LogP contribution in [0, 0.1) is 5.82 Å². The fourth-order valence-electron chi connectivity index (χ4n) is 3.97.